The number of hydrogen-bond donors (Lipinski definition) is 0. The first-order valence-corrected chi connectivity index (χ1v) is 6.93. The van der Waals surface area contributed by atoms with Gasteiger partial charge in [-0.05, 0) is 35.8 Å². The van der Waals surface area contributed by atoms with E-state index in [9.17, 15) is 13.2 Å². The van der Waals surface area contributed by atoms with E-state index in [-0.39, 0.29) is 5.57 Å². The lowest BCUT2D eigenvalue weighted by Gasteiger charge is -2.14. The fourth-order valence-corrected chi connectivity index (χ4v) is 2.23. The number of hydrogen-bond acceptors (Lipinski definition) is 2. The molecule has 0 spiro atoms. The predicted molar refractivity (Wildman–Crippen MR) is 83.9 cm³/mol. The molecule has 0 aliphatic heterocycles. The highest BCUT2D eigenvalue weighted by atomic mass is 19.4. The van der Waals surface area contributed by atoms with Crippen molar-refractivity contribution in [3.8, 4) is 11.5 Å². The molecule has 0 aliphatic rings. The van der Waals surface area contributed by atoms with Crippen molar-refractivity contribution in [2.24, 2.45) is 0 Å². The molecule has 0 bridgehead atoms. The Morgan fingerprint density at radius 2 is 1.43 bits per heavy atom. The van der Waals surface area contributed by atoms with Crippen molar-refractivity contribution >= 4 is 5.57 Å². The van der Waals surface area contributed by atoms with Crippen LogP contribution in [0.4, 0.5) is 13.2 Å². The maximum absolute atomic E-state index is 13.0. The highest BCUT2D eigenvalue weighted by Gasteiger charge is 2.26. The Hall–Kier alpha value is -2.43. The third-order valence-electron chi connectivity index (χ3n) is 3.37. The molecule has 0 heterocycles. The number of aryl methyl sites for hydroxylation is 1. The molecule has 0 fully saturated rings. The summed E-state index contributed by atoms with van der Waals surface area (Å²) in [4.78, 5) is 0. The fraction of sp³-hybridized carbons (Fsp3) is 0.222. The summed E-state index contributed by atoms with van der Waals surface area (Å²) in [7, 11) is 2.92. The Bertz CT molecular complexity index is 701. The number of alkyl halides is 3. The van der Waals surface area contributed by atoms with E-state index in [0.717, 1.165) is 5.56 Å². The van der Waals surface area contributed by atoms with Gasteiger partial charge in [-0.1, -0.05) is 35.9 Å². The van der Waals surface area contributed by atoms with Crippen LogP contribution in [0.1, 0.15) is 16.7 Å². The molecule has 23 heavy (non-hydrogen) atoms. The third-order valence-corrected chi connectivity index (χ3v) is 3.37. The van der Waals surface area contributed by atoms with Crippen LogP contribution in [0.2, 0.25) is 0 Å². The summed E-state index contributed by atoms with van der Waals surface area (Å²) in [5.74, 6) is 0.844. The van der Waals surface area contributed by atoms with Gasteiger partial charge in [0.15, 0.2) is 11.5 Å². The maximum Gasteiger partial charge on any atom is 0.410 e. The molecule has 0 aromatic heterocycles. The largest absolute Gasteiger partial charge is 0.493 e. The van der Waals surface area contributed by atoms with Crippen molar-refractivity contribution in [1.29, 1.82) is 0 Å². The van der Waals surface area contributed by atoms with E-state index in [1.807, 2.05) is 6.92 Å². The quantitative estimate of drug-likeness (QED) is 0.788. The molecule has 2 nitrogen and oxygen atoms in total. The second kappa shape index (κ2) is 6.77. The first-order chi connectivity index (χ1) is 10.8. The Morgan fingerprint density at radius 3 is 1.96 bits per heavy atom. The molecule has 0 saturated carbocycles. The van der Waals surface area contributed by atoms with Gasteiger partial charge in [0.05, 0.1) is 14.2 Å². The zero-order valence-electron chi connectivity index (χ0n) is 13.1. The van der Waals surface area contributed by atoms with Crippen LogP contribution in [0, 0.1) is 6.92 Å². The van der Waals surface area contributed by atoms with E-state index in [1.165, 1.54) is 20.3 Å². The van der Waals surface area contributed by atoms with Crippen LogP contribution in [0.15, 0.2) is 48.5 Å². The van der Waals surface area contributed by atoms with Gasteiger partial charge in [0.2, 0.25) is 0 Å². The van der Waals surface area contributed by atoms with Gasteiger partial charge in [-0.2, -0.15) is 13.2 Å². The van der Waals surface area contributed by atoms with E-state index in [2.05, 4.69) is 0 Å². The highest BCUT2D eigenvalue weighted by molar-refractivity contribution is 5.81. The van der Waals surface area contributed by atoms with Gasteiger partial charge in [-0.25, -0.2) is 0 Å². The number of methoxy groups -OCH3 is 2. The van der Waals surface area contributed by atoms with Crippen LogP contribution >= 0.6 is 0 Å². The molecule has 0 N–H and O–H groups in total. The second-order valence-electron chi connectivity index (χ2n) is 5.04. The zero-order chi connectivity index (χ0) is 17.0. The topological polar surface area (TPSA) is 18.5 Å². The van der Waals surface area contributed by atoms with Crippen molar-refractivity contribution in [3.63, 3.8) is 0 Å². The Kier molecular flexibility index (Phi) is 4.98. The lowest BCUT2D eigenvalue weighted by molar-refractivity contribution is -0.0793. The molecular weight excluding hydrogens is 305 g/mol. The minimum atomic E-state index is -4.42. The van der Waals surface area contributed by atoms with Gasteiger partial charge in [-0.15, -0.1) is 0 Å². The van der Waals surface area contributed by atoms with E-state index < -0.39 is 6.18 Å². The maximum atomic E-state index is 13.0. The van der Waals surface area contributed by atoms with Gasteiger partial charge >= 0.3 is 6.18 Å². The molecule has 0 amide bonds. The Labute approximate surface area is 133 Å². The van der Waals surface area contributed by atoms with Crippen molar-refractivity contribution in [2.75, 3.05) is 14.2 Å². The minimum Gasteiger partial charge on any atom is -0.493 e. The number of allylic oxidation sites excluding steroid dienone is 1. The van der Waals surface area contributed by atoms with Gasteiger partial charge in [0, 0.05) is 6.08 Å². The number of benzene rings is 2. The Balaban J connectivity index is 2.59. The summed E-state index contributed by atoms with van der Waals surface area (Å²) in [6.07, 6.45) is -4.12. The van der Waals surface area contributed by atoms with Gasteiger partial charge in [0.25, 0.3) is 0 Å². The van der Waals surface area contributed by atoms with E-state index in [0.29, 0.717) is 28.7 Å². The second-order valence-corrected chi connectivity index (χ2v) is 5.04. The lowest BCUT2D eigenvalue weighted by Crippen LogP contribution is -2.04. The molecule has 0 aliphatic carbocycles. The molecule has 122 valence electrons. The zero-order valence-corrected chi connectivity index (χ0v) is 13.1. The average Bonchev–Trinajstić information content (AvgIpc) is 2.52. The summed E-state index contributed by atoms with van der Waals surface area (Å²) in [6.45, 7) is 1.88. The molecule has 0 unspecified atom stereocenters. The Morgan fingerprint density at radius 1 is 0.870 bits per heavy atom. The number of halogens is 3. The number of ether oxygens (including phenoxy) is 2. The molecule has 2 rings (SSSR count). The molecular formula is C18H17F3O2. The standard InChI is InChI=1S/C18H17F3O2/c1-12-4-6-13(7-5-12)15(11-18(19,20)21)14-8-9-16(22-2)17(10-14)23-3/h4-11H,1-3H3/b15-11-. The normalized spacial score (nSPS) is 12.2. The van der Waals surface area contributed by atoms with Crippen LogP contribution < -0.4 is 9.47 Å². The summed E-state index contributed by atoms with van der Waals surface area (Å²) >= 11 is 0. The van der Waals surface area contributed by atoms with Crippen molar-refractivity contribution in [3.05, 3.63) is 65.2 Å². The van der Waals surface area contributed by atoms with Crippen LogP contribution in [0.5, 0.6) is 11.5 Å². The summed E-state index contributed by atoms with van der Waals surface area (Å²) in [5.41, 5.74) is 1.95. The minimum absolute atomic E-state index is 0.0819. The highest BCUT2D eigenvalue weighted by Crippen LogP contribution is 2.35. The van der Waals surface area contributed by atoms with E-state index in [4.69, 9.17) is 9.47 Å². The van der Waals surface area contributed by atoms with Crippen LogP contribution in [0.25, 0.3) is 5.57 Å². The molecule has 0 atom stereocenters. The fourth-order valence-electron chi connectivity index (χ4n) is 2.23. The molecule has 0 radical (unpaired) electrons. The first kappa shape index (κ1) is 16.9. The summed E-state index contributed by atoms with van der Waals surface area (Å²) < 4.78 is 49.2. The van der Waals surface area contributed by atoms with Gasteiger partial charge < -0.3 is 9.47 Å². The third kappa shape index (κ3) is 4.28. The summed E-state index contributed by atoms with van der Waals surface area (Å²) in [6, 6.07) is 11.6. The van der Waals surface area contributed by atoms with Gasteiger partial charge in [0.1, 0.15) is 0 Å². The van der Waals surface area contributed by atoms with Crippen LogP contribution in [0.3, 0.4) is 0 Å². The predicted octanol–water partition coefficient (Wildman–Crippen LogP) is 5.01. The van der Waals surface area contributed by atoms with Crippen molar-refractivity contribution in [2.45, 2.75) is 13.1 Å². The first-order valence-electron chi connectivity index (χ1n) is 6.93. The lowest BCUT2D eigenvalue weighted by atomic mass is 9.96. The SMILES string of the molecule is COc1ccc(/C(=C\C(F)(F)F)c2ccc(C)cc2)cc1OC. The van der Waals surface area contributed by atoms with Gasteiger partial charge in [-0.3, -0.25) is 0 Å². The molecule has 5 heteroatoms. The smallest absolute Gasteiger partial charge is 0.410 e. The van der Waals surface area contributed by atoms with Crippen LogP contribution in [-0.4, -0.2) is 20.4 Å². The van der Waals surface area contributed by atoms with Crippen molar-refractivity contribution in [1.82, 2.24) is 0 Å². The van der Waals surface area contributed by atoms with E-state index in [1.54, 1.807) is 36.4 Å². The van der Waals surface area contributed by atoms with Crippen LogP contribution in [-0.2, 0) is 0 Å². The monoisotopic (exact) mass is 322 g/mol. The summed E-state index contributed by atoms with van der Waals surface area (Å²) in [5, 5.41) is 0. The molecule has 2 aromatic rings. The molecule has 0 saturated heterocycles. The van der Waals surface area contributed by atoms with E-state index >= 15 is 0 Å². The van der Waals surface area contributed by atoms with Crippen molar-refractivity contribution < 1.29 is 22.6 Å². The number of rotatable bonds is 4. The average molecular weight is 322 g/mol. The molecule has 2 aromatic carbocycles.